The standard InChI is InChI=1S/C8H17N/c1-8(2,3)9-6-4-5-7-9/h4-7H2,1-3H3/i4D2,6D,7D. The molecule has 1 rings (SSSR count). The maximum Gasteiger partial charge on any atom is 0.0431 e. The first-order valence-electron chi connectivity index (χ1n) is 5.45. The average molecular weight is 131 g/mol. The van der Waals surface area contributed by atoms with Crippen molar-refractivity contribution in [1.82, 2.24) is 4.90 Å². The van der Waals surface area contributed by atoms with Gasteiger partial charge in [-0.1, -0.05) is 0 Å². The lowest BCUT2D eigenvalue weighted by Crippen LogP contribution is -2.38. The highest BCUT2D eigenvalue weighted by atomic mass is 15.2. The minimum Gasteiger partial charge on any atom is -0.298 e. The predicted octanol–water partition coefficient (Wildman–Crippen LogP) is 1.88. The van der Waals surface area contributed by atoms with Gasteiger partial charge >= 0.3 is 0 Å². The van der Waals surface area contributed by atoms with Gasteiger partial charge in [0.05, 0.1) is 0 Å². The molecule has 9 heavy (non-hydrogen) atoms. The Morgan fingerprint density at radius 3 is 2.22 bits per heavy atom. The van der Waals surface area contributed by atoms with Crippen molar-refractivity contribution in [3.8, 4) is 0 Å². The number of likely N-dealkylation sites (tertiary alicyclic amines) is 1. The fraction of sp³-hybridized carbons (Fsp3) is 1.00. The lowest BCUT2D eigenvalue weighted by molar-refractivity contribution is 0.175. The number of rotatable bonds is 0. The van der Waals surface area contributed by atoms with E-state index in [-0.39, 0.29) is 12.0 Å². The van der Waals surface area contributed by atoms with Crippen LogP contribution in [0.5, 0.6) is 0 Å². The molecule has 54 valence electrons. The van der Waals surface area contributed by atoms with E-state index in [1.165, 1.54) is 0 Å². The summed E-state index contributed by atoms with van der Waals surface area (Å²) in [6.07, 6.45) is -1.40. The van der Waals surface area contributed by atoms with Crippen molar-refractivity contribution < 1.29 is 5.48 Å². The van der Waals surface area contributed by atoms with Gasteiger partial charge in [-0.15, -0.1) is 0 Å². The molecular formula is C8H17N. The van der Waals surface area contributed by atoms with E-state index < -0.39 is 19.4 Å². The van der Waals surface area contributed by atoms with E-state index in [0.717, 1.165) is 0 Å². The second-order valence-electron chi connectivity index (χ2n) is 3.30. The molecule has 1 aliphatic heterocycles. The summed E-state index contributed by atoms with van der Waals surface area (Å²) in [7, 11) is 0. The molecule has 0 N–H and O–H groups in total. The van der Waals surface area contributed by atoms with E-state index in [1.807, 2.05) is 20.8 Å². The van der Waals surface area contributed by atoms with Crippen molar-refractivity contribution in [2.45, 2.75) is 39.1 Å². The van der Waals surface area contributed by atoms with Crippen LogP contribution in [0.15, 0.2) is 0 Å². The van der Waals surface area contributed by atoms with Gasteiger partial charge in [-0.05, 0) is 46.6 Å². The monoisotopic (exact) mass is 131 g/mol. The Hall–Kier alpha value is -0.0400. The number of hydrogen-bond acceptors (Lipinski definition) is 1. The SMILES string of the molecule is [2H]C1CC([2H])([2H])C([2H])N1C(C)(C)C. The Morgan fingerprint density at radius 1 is 1.33 bits per heavy atom. The highest BCUT2D eigenvalue weighted by molar-refractivity contribution is 4.79. The summed E-state index contributed by atoms with van der Waals surface area (Å²) in [6, 6.07) is 0. The fourth-order valence-electron chi connectivity index (χ4n) is 0.822. The van der Waals surface area contributed by atoms with Crippen molar-refractivity contribution >= 4 is 0 Å². The van der Waals surface area contributed by atoms with Gasteiger partial charge in [-0.25, -0.2) is 0 Å². The van der Waals surface area contributed by atoms with Crippen molar-refractivity contribution in [2.75, 3.05) is 13.0 Å². The summed E-state index contributed by atoms with van der Waals surface area (Å²) >= 11 is 0. The highest BCUT2D eigenvalue weighted by Crippen LogP contribution is 2.19. The van der Waals surface area contributed by atoms with Crippen molar-refractivity contribution in [3.63, 3.8) is 0 Å². The smallest absolute Gasteiger partial charge is 0.0431 e. The Labute approximate surface area is 63.7 Å². The van der Waals surface area contributed by atoms with Gasteiger partial charge in [0.2, 0.25) is 0 Å². The van der Waals surface area contributed by atoms with Gasteiger partial charge in [0.25, 0.3) is 0 Å². The zero-order chi connectivity index (χ0) is 10.4. The quantitative estimate of drug-likeness (QED) is 0.485. The molecule has 1 aliphatic rings. The third kappa shape index (κ3) is 1.68. The zero-order valence-electron chi connectivity index (χ0n) is 10.3. The third-order valence-electron chi connectivity index (χ3n) is 1.41. The lowest BCUT2D eigenvalue weighted by atomic mass is 10.1. The van der Waals surface area contributed by atoms with Crippen LogP contribution in [0, 0.1) is 0 Å². The lowest BCUT2D eigenvalue weighted by Gasteiger charge is -2.31. The molecule has 2 unspecified atom stereocenters. The second kappa shape index (κ2) is 2.30. The van der Waals surface area contributed by atoms with Gasteiger partial charge < -0.3 is 0 Å². The minimum atomic E-state index is -1.54. The van der Waals surface area contributed by atoms with Gasteiger partial charge in [-0.2, -0.15) is 0 Å². The van der Waals surface area contributed by atoms with Gasteiger partial charge in [0.1, 0.15) is 0 Å². The van der Waals surface area contributed by atoms with Crippen molar-refractivity contribution in [2.24, 2.45) is 0 Å². The highest BCUT2D eigenvalue weighted by Gasteiger charge is 2.23. The molecule has 0 aromatic carbocycles. The minimum absolute atomic E-state index is 0.137. The van der Waals surface area contributed by atoms with Crippen LogP contribution >= 0.6 is 0 Å². The van der Waals surface area contributed by atoms with Gasteiger partial charge in [0, 0.05) is 11.0 Å². The largest absolute Gasteiger partial charge is 0.298 e. The van der Waals surface area contributed by atoms with Crippen molar-refractivity contribution in [1.29, 1.82) is 0 Å². The Kier molecular flexibility index (Phi) is 0.862. The molecule has 0 amide bonds. The molecule has 1 heteroatoms. The maximum atomic E-state index is 7.71. The van der Waals surface area contributed by atoms with Crippen LogP contribution in [-0.4, -0.2) is 23.5 Å². The van der Waals surface area contributed by atoms with E-state index in [4.69, 9.17) is 5.48 Å². The Balaban J connectivity index is 2.89. The second-order valence-corrected chi connectivity index (χ2v) is 3.30. The van der Waals surface area contributed by atoms with Crippen LogP contribution in [0.1, 0.15) is 39.0 Å². The van der Waals surface area contributed by atoms with E-state index in [9.17, 15) is 0 Å². The van der Waals surface area contributed by atoms with E-state index in [1.54, 1.807) is 4.90 Å². The summed E-state index contributed by atoms with van der Waals surface area (Å²) in [6.45, 7) is 4.25. The van der Waals surface area contributed by atoms with Crippen molar-refractivity contribution in [3.05, 3.63) is 0 Å². The molecule has 0 aliphatic carbocycles. The third-order valence-corrected chi connectivity index (χ3v) is 1.41. The summed E-state index contributed by atoms with van der Waals surface area (Å²) in [5.74, 6) is 0. The summed E-state index contributed by atoms with van der Waals surface area (Å²) in [5, 5.41) is 0. The number of hydrogen-bond donors (Lipinski definition) is 0. The molecule has 1 heterocycles. The molecule has 1 nitrogen and oxygen atoms in total. The molecule has 0 bridgehead atoms. The molecule has 0 saturated carbocycles. The maximum absolute atomic E-state index is 7.71. The first-order chi connectivity index (χ1) is 5.66. The number of nitrogens with zero attached hydrogens (tertiary/aromatic N) is 1. The van der Waals surface area contributed by atoms with Crippen LogP contribution in [0.3, 0.4) is 0 Å². The first kappa shape index (κ1) is 3.38. The molecule has 1 saturated heterocycles. The Morgan fingerprint density at radius 2 is 2.00 bits per heavy atom. The topological polar surface area (TPSA) is 3.24 Å². The fourth-order valence-corrected chi connectivity index (χ4v) is 0.822. The molecule has 0 radical (unpaired) electrons. The van der Waals surface area contributed by atoms with Gasteiger partial charge in [-0.3, -0.25) is 4.90 Å². The molecule has 2 atom stereocenters. The van der Waals surface area contributed by atoms with E-state index in [0.29, 0.717) is 0 Å². The van der Waals surface area contributed by atoms with Crippen LogP contribution in [0.2, 0.25) is 0 Å². The summed E-state index contributed by atoms with van der Waals surface area (Å²) in [4.78, 5) is 1.62. The van der Waals surface area contributed by atoms with E-state index >= 15 is 0 Å². The van der Waals surface area contributed by atoms with Crippen LogP contribution in [0.4, 0.5) is 0 Å². The van der Waals surface area contributed by atoms with Gasteiger partial charge in [0.15, 0.2) is 0 Å². The summed E-state index contributed by atoms with van der Waals surface area (Å²) in [5.41, 5.74) is -0.303. The normalized spacial score (nSPS) is 51.4. The van der Waals surface area contributed by atoms with Crippen LogP contribution in [0.25, 0.3) is 0 Å². The van der Waals surface area contributed by atoms with Crippen LogP contribution in [-0.2, 0) is 0 Å². The molecular weight excluding hydrogens is 110 g/mol. The van der Waals surface area contributed by atoms with Crippen LogP contribution < -0.4 is 0 Å². The predicted molar refractivity (Wildman–Crippen MR) is 40.6 cm³/mol. The zero-order valence-corrected chi connectivity index (χ0v) is 6.31. The average Bonchev–Trinajstić information content (AvgIpc) is 1.99. The molecule has 0 spiro atoms. The van der Waals surface area contributed by atoms with E-state index in [2.05, 4.69) is 0 Å². The molecule has 1 fully saturated rings. The molecule has 0 aromatic rings. The first-order valence-corrected chi connectivity index (χ1v) is 3.29. The molecule has 0 aromatic heterocycles. The Bertz CT molecular complexity index is 199. The summed E-state index contributed by atoms with van der Waals surface area (Å²) < 4.78 is 30.5.